The second kappa shape index (κ2) is 13.3. The van der Waals surface area contributed by atoms with E-state index in [1.165, 1.54) is 7.11 Å². The Labute approximate surface area is 296 Å². The van der Waals surface area contributed by atoms with Gasteiger partial charge in [0.05, 0.1) is 48.9 Å². The van der Waals surface area contributed by atoms with Crippen LogP contribution in [0.15, 0.2) is 40.1 Å². The van der Waals surface area contributed by atoms with Crippen LogP contribution < -0.4 is 30.1 Å². The van der Waals surface area contributed by atoms with Crippen LogP contribution in [-0.2, 0) is 32.1 Å². The van der Waals surface area contributed by atoms with E-state index in [0.717, 1.165) is 54.1 Å². The van der Waals surface area contributed by atoms with Crippen LogP contribution in [0, 0.1) is 11.8 Å². The number of aliphatic hydroxyl groups is 2. The molecular formula is C40H44N2O9. The zero-order chi connectivity index (χ0) is 35.4. The summed E-state index contributed by atoms with van der Waals surface area (Å²) in [6.07, 6.45) is 6.63. The van der Waals surface area contributed by atoms with Gasteiger partial charge >= 0.3 is 5.97 Å². The van der Waals surface area contributed by atoms with Crippen LogP contribution >= 0.6 is 0 Å². The van der Waals surface area contributed by atoms with Gasteiger partial charge in [-0.2, -0.15) is 0 Å². The number of hydrogen-bond acceptors (Lipinski definition) is 11. The van der Waals surface area contributed by atoms with E-state index in [0.29, 0.717) is 78.2 Å². The molecule has 5 atom stereocenters. The number of esters is 1. The van der Waals surface area contributed by atoms with Crippen molar-refractivity contribution in [3.8, 4) is 17.2 Å². The third-order valence-corrected chi connectivity index (χ3v) is 12.0. The molecule has 0 amide bonds. The first-order chi connectivity index (χ1) is 24.8. The van der Waals surface area contributed by atoms with Crippen LogP contribution in [0.4, 0.5) is 0 Å². The van der Waals surface area contributed by atoms with Gasteiger partial charge in [0.2, 0.25) is 5.76 Å². The Morgan fingerprint density at radius 3 is 2.84 bits per heavy atom. The molecule has 0 aromatic heterocycles. The molecule has 0 bridgehead atoms. The van der Waals surface area contributed by atoms with E-state index in [1.807, 2.05) is 24.3 Å². The maximum absolute atomic E-state index is 13.5. The third kappa shape index (κ3) is 5.43. The zero-order valence-electron chi connectivity index (χ0n) is 29.1. The first-order valence-corrected chi connectivity index (χ1v) is 18.2. The van der Waals surface area contributed by atoms with E-state index in [9.17, 15) is 24.6 Å². The first-order valence-electron chi connectivity index (χ1n) is 18.2. The van der Waals surface area contributed by atoms with E-state index in [1.54, 1.807) is 6.92 Å². The summed E-state index contributed by atoms with van der Waals surface area (Å²) in [6, 6.07) is 5.89. The van der Waals surface area contributed by atoms with Gasteiger partial charge in [0.1, 0.15) is 34.7 Å². The van der Waals surface area contributed by atoms with Crippen LogP contribution in [0.25, 0.3) is 11.6 Å². The van der Waals surface area contributed by atoms with Crippen molar-refractivity contribution < 1.29 is 43.5 Å². The number of fused-ring (bicyclic) bond motifs is 4. The quantitative estimate of drug-likeness (QED) is 0.291. The topological polar surface area (TPSA) is 153 Å². The lowest BCUT2D eigenvalue weighted by Gasteiger charge is -2.49. The van der Waals surface area contributed by atoms with Gasteiger partial charge in [-0.3, -0.25) is 14.6 Å². The average molecular weight is 697 g/mol. The average Bonchev–Trinajstić information content (AvgIpc) is 3.81. The van der Waals surface area contributed by atoms with Crippen molar-refractivity contribution in [1.29, 1.82) is 0 Å². The molecule has 4 aliphatic heterocycles. The van der Waals surface area contributed by atoms with Gasteiger partial charge in [-0.05, 0) is 86.9 Å². The molecule has 3 fully saturated rings. The fraction of sp³-hybridized carbons (Fsp3) is 0.500. The van der Waals surface area contributed by atoms with Crippen LogP contribution in [0.1, 0.15) is 80.0 Å². The molecule has 0 radical (unpaired) electrons. The number of carbonyl (C=O) groups is 3. The summed E-state index contributed by atoms with van der Waals surface area (Å²) in [5, 5.41) is 28.7. The van der Waals surface area contributed by atoms with Gasteiger partial charge in [-0.25, -0.2) is 4.79 Å². The molecule has 51 heavy (non-hydrogen) atoms. The van der Waals surface area contributed by atoms with Crippen molar-refractivity contribution in [2.24, 2.45) is 16.8 Å². The standard InChI is InChI=1S/C40H44N2O9/c1-3-49-39(46)38-27(19-43)33(23-7-9-31(45)25(16-23)21-6-8-30-22(15-21)10-14-42-30)34-36(48-2)26-17-32(50-35(26)28(20-44)37(34)51-38)40(47)12-4-5-24-18-41-13-11-29(24)40/h6,8,10,15,19,24-25,29,32,41,44,47H,3-5,7,9,11-14,16-18,20H2,1-2H3/b33-23-/t24-,25+,29-,32-,40+/m0/s1. The number of piperidine rings is 1. The first kappa shape index (κ1) is 33.8. The Kier molecular flexibility index (Phi) is 8.84. The van der Waals surface area contributed by atoms with Gasteiger partial charge in [0.15, 0.2) is 6.29 Å². The zero-order valence-corrected chi connectivity index (χ0v) is 29.1. The second-order valence-corrected chi connectivity index (χ2v) is 14.5. The molecule has 0 spiro atoms. The number of rotatable bonds is 7. The van der Waals surface area contributed by atoms with Crippen LogP contribution in [0.5, 0.6) is 17.2 Å². The Bertz CT molecular complexity index is 2010. The van der Waals surface area contributed by atoms with E-state index in [2.05, 4.69) is 10.3 Å². The second-order valence-electron chi connectivity index (χ2n) is 14.5. The molecule has 2 aliphatic carbocycles. The van der Waals surface area contributed by atoms with Crippen LogP contribution in [0.2, 0.25) is 0 Å². The molecule has 3 N–H and O–H groups in total. The fourth-order valence-electron chi connectivity index (χ4n) is 9.61. The van der Waals surface area contributed by atoms with Crippen molar-refractivity contribution in [3.63, 3.8) is 0 Å². The molecule has 2 saturated carbocycles. The Morgan fingerprint density at radius 1 is 1.20 bits per heavy atom. The number of hydrogen-bond donors (Lipinski definition) is 3. The number of Topliss-reactive ketones (excluding diaryl/α,β-unsaturated/α-hetero) is 1. The van der Waals surface area contributed by atoms with Gasteiger partial charge in [0, 0.05) is 29.9 Å². The van der Waals surface area contributed by atoms with Crippen molar-refractivity contribution in [1.82, 2.24) is 5.32 Å². The number of nitrogens with one attached hydrogen (secondary N) is 1. The molecule has 2 aromatic carbocycles. The monoisotopic (exact) mass is 696 g/mol. The molecule has 0 unspecified atom stereocenters. The molecule has 11 heteroatoms. The van der Waals surface area contributed by atoms with Crippen molar-refractivity contribution in [2.75, 3.05) is 33.4 Å². The van der Waals surface area contributed by atoms with Crippen LogP contribution in [-0.4, -0.2) is 73.3 Å². The highest BCUT2D eigenvalue weighted by Gasteiger charge is 2.54. The lowest BCUT2D eigenvalue weighted by Crippen LogP contribution is -2.59. The molecule has 6 aliphatic rings. The minimum absolute atomic E-state index is 0.00574. The number of ketones is 1. The van der Waals surface area contributed by atoms with E-state index in [-0.39, 0.29) is 41.8 Å². The molecule has 268 valence electrons. The highest BCUT2D eigenvalue weighted by molar-refractivity contribution is 6.11. The molecule has 4 heterocycles. The number of nitrogens with zero attached hydrogens (tertiary/aromatic N) is 1. The predicted octanol–water partition coefficient (Wildman–Crippen LogP) is 2.74. The highest BCUT2D eigenvalue weighted by Crippen LogP contribution is 2.57. The van der Waals surface area contributed by atoms with Gasteiger partial charge < -0.3 is 34.5 Å². The lowest BCUT2D eigenvalue weighted by atomic mass is 9.63. The summed E-state index contributed by atoms with van der Waals surface area (Å²) in [6.45, 7) is 3.51. The molecule has 2 aromatic rings. The Hall–Kier alpha value is -4.32. The number of ether oxygens (including phenoxy) is 4. The summed E-state index contributed by atoms with van der Waals surface area (Å²) in [5.74, 6) is -0.206. The van der Waals surface area contributed by atoms with Gasteiger partial charge in [-0.1, -0.05) is 24.1 Å². The summed E-state index contributed by atoms with van der Waals surface area (Å²) < 4.78 is 24.5. The minimum atomic E-state index is -1.09. The summed E-state index contributed by atoms with van der Waals surface area (Å²) in [4.78, 5) is 44.6. The van der Waals surface area contributed by atoms with Crippen molar-refractivity contribution in [2.45, 2.75) is 82.5 Å². The van der Waals surface area contributed by atoms with Crippen LogP contribution in [0.3, 0.4) is 0 Å². The molecule has 8 rings (SSSR count). The number of benzene rings is 2. The minimum Gasteiger partial charge on any atom is -0.496 e. The Morgan fingerprint density at radius 2 is 2.06 bits per heavy atom. The highest BCUT2D eigenvalue weighted by atomic mass is 16.6. The third-order valence-electron chi connectivity index (χ3n) is 12.0. The smallest absolute Gasteiger partial charge is 0.375 e. The van der Waals surface area contributed by atoms with Gasteiger partial charge in [0.25, 0.3) is 0 Å². The summed E-state index contributed by atoms with van der Waals surface area (Å²) in [7, 11) is 1.53. The number of aldehydes is 1. The van der Waals surface area contributed by atoms with E-state index >= 15 is 0 Å². The maximum atomic E-state index is 13.5. The number of methoxy groups -OCH3 is 1. The number of aliphatic hydroxyl groups excluding tert-OH is 1. The molecule has 1 saturated heterocycles. The predicted molar refractivity (Wildman–Crippen MR) is 186 cm³/mol. The fourth-order valence-corrected chi connectivity index (χ4v) is 9.61. The van der Waals surface area contributed by atoms with E-state index in [4.69, 9.17) is 18.9 Å². The summed E-state index contributed by atoms with van der Waals surface area (Å²) in [5.41, 5.74) is 2.42. The SMILES string of the molecule is CCOC(=O)C1=C(C=O)/C(=C2\CCC(=O)[C@@H](c3ccc4c(c3)=CCN=4)C2)c2c(OC)c3c(c(CO)c2O1)O[C@H]([C@@]1(O)CCC[C@H]2CNCC[C@@H]21)C3. The Balaban J connectivity index is 1.30. The molecule has 11 nitrogen and oxygen atoms in total. The maximum Gasteiger partial charge on any atom is 0.375 e. The largest absolute Gasteiger partial charge is 0.496 e. The van der Waals surface area contributed by atoms with Crippen molar-refractivity contribution in [3.05, 3.63) is 67.9 Å². The van der Waals surface area contributed by atoms with E-state index < -0.39 is 30.2 Å². The summed E-state index contributed by atoms with van der Waals surface area (Å²) >= 11 is 0. The number of carbonyl (C=O) groups excluding carboxylic acids is 3. The molecular weight excluding hydrogens is 652 g/mol. The van der Waals surface area contributed by atoms with Gasteiger partial charge in [-0.15, -0.1) is 0 Å². The number of allylic oxidation sites excluding steroid dienone is 3. The lowest BCUT2D eigenvalue weighted by molar-refractivity contribution is -0.141. The van der Waals surface area contributed by atoms with Crippen molar-refractivity contribution >= 4 is 29.7 Å². The normalized spacial score (nSPS) is 29.4.